The number of hydrogen-bond donors (Lipinski definition) is 2. The lowest BCUT2D eigenvalue weighted by Gasteiger charge is -2.22. The van der Waals surface area contributed by atoms with Gasteiger partial charge in [0.15, 0.2) is 0 Å². The molecule has 3 amide bonds. The smallest absolute Gasteiger partial charge is 0.272 e. The lowest BCUT2D eigenvalue weighted by Crippen LogP contribution is -2.52. The quantitative estimate of drug-likeness (QED) is 0.557. The van der Waals surface area contributed by atoms with E-state index in [4.69, 9.17) is 0 Å². The summed E-state index contributed by atoms with van der Waals surface area (Å²) in [6.45, 7) is 1.45. The molecule has 0 saturated heterocycles. The summed E-state index contributed by atoms with van der Waals surface area (Å²) in [5.41, 5.74) is 2.83. The highest BCUT2D eigenvalue weighted by atomic mass is 19.1. The highest BCUT2D eigenvalue weighted by Crippen LogP contribution is 2.27. The van der Waals surface area contributed by atoms with Crippen LogP contribution in [0.5, 0.6) is 0 Å². The molecule has 1 heterocycles. The highest BCUT2D eigenvalue weighted by Gasteiger charge is 2.32. The van der Waals surface area contributed by atoms with Crippen molar-refractivity contribution in [2.75, 3.05) is 11.9 Å². The Morgan fingerprint density at radius 3 is 2.33 bits per heavy atom. The van der Waals surface area contributed by atoms with Crippen molar-refractivity contribution in [3.8, 4) is 0 Å². The Morgan fingerprint density at radius 2 is 1.64 bits per heavy atom. The second-order valence-electron chi connectivity index (χ2n) is 8.41. The van der Waals surface area contributed by atoms with Crippen LogP contribution in [0.15, 0.2) is 77.8 Å². The van der Waals surface area contributed by atoms with E-state index < -0.39 is 41.6 Å². The summed E-state index contributed by atoms with van der Waals surface area (Å²) in [5, 5.41) is 5.10. The van der Waals surface area contributed by atoms with Gasteiger partial charge in [-0.3, -0.25) is 14.4 Å². The first kappa shape index (κ1) is 24.7. The molecule has 9 heteroatoms. The van der Waals surface area contributed by atoms with Gasteiger partial charge in [0.1, 0.15) is 17.7 Å². The molecular weight excluding hydrogens is 466 g/mol. The molecule has 0 bridgehead atoms. The number of fused-ring (bicyclic) bond motifs is 1. The molecule has 0 saturated carbocycles. The second-order valence-corrected chi connectivity index (χ2v) is 8.41. The fourth-order valence-electron chi connectivity index (χ4n) is 3.96. The Bertz CT molecular complexity index is 1320. The van der Waals surface area contributed by atoms with Crippen LogP contribution in [0.3, 0.4) is 0 Å². The Hall–Kier alpha value is -4.40. The molecule has 0 unspecified atom stereocenters. The van der Waals surface area contributed by atoms with E-state index in [1.807, 2.05) is 48.5 Å². The first-order chi connectivity index (χ1) is 17.2. The summed E-state index contributed by atoms with van der Waals surface area (Å²) in [5.74, 6) is -3.29. The fourth-order valence-corrected chi connectivity index (χ4v) is 3.96. The summed E-state index contributed by atoms with van der Waals surface area (Å²) >= 11 is 0. The molecule has 36 heavy (non-hydrogen) atoms. The van der Waals surface area contributed by atoms with Crippen molar-refractivity contribution in [2.45, 2.75) is 25.6 Å². The van der Waals surface area contributed by atoms with E-state index >= 15 is 0 Å². The van der Waals surface area contributed by atoms with Gasteiger partial charge in [-0.05, 0) is 30.7 Å². The third-order valence-electron chi connectivity index (χ3n) is 5.73. The van der Waals surface area contributed by atoms with Gasteiger partial charge in [0, 0.05) is 24.2 Å². The van der Waals surface area contributed by atoms with Crippen LogP contribution in [0.4, 0.5) is 14.5 Å². The van der Waals surface area contributed by atoms with Gasteiger partial charge in [-0.15, -0.1) is 0 Å². The van der Waals surface area contributed by atoms with Crippen molar-refractivity contribution in [3.63, 3.8) is 0 Å². The number of nitrogens with zero attached hydrogens (tertiary/aromatic N) is 2. The molecule has 1 aliphatic rings. The molecular formula is C27H24F2N4O3. The first-order valence-corrected chi connectivity index (χ1v) is 11.3. The van der Waals surface area contributed by atoms with Crippen LogP contribution in [-0.2, 0) is 20.8 Å². The number of nitrogens with one attached hydrogen (secondary N) is 2. The molecule has 4 rings (SSSR count). The van der Waals surface area contributed by atoms with E-state index in [2.05, 4.69) is 15.6 Å². The molecule has 3 aromatic rings. The normalized spacial score (nSPS) is 15.9. The number of likely N-dealkylation sites (N-methyl/N-ethyl adjacent to an activating group) is 1. The Labute approximate surface area is 206 Å². The van der Waals surface area contributed by atoms with Crippen molar-refractivity contribution in [1.29, 1.82) is 0 Å². The number of benzodiazepines with no additional fused rings is 1. The molecule has 0 radical (unpaired) electrons. The maximum Gasteiger partial charge on any atom is 0.272 e. The number of benzene rings is 3. The maximum absolute atomic E-state index is 13.4. The maximum atomic E-state index is 13.4. The van der Waals surface area contributed by atoms with Crippen molar-refractivity contribution in [1.82, 2.24) is 10.6 Å². The summed E-state index contributed by atoms with van der Waals surface area (Å²) < 4.78 is 26.8. The number of rotatable bonds is 6. The summed E-state index contributed by atoms with van der Waals surface area (Å²) in [6, 6.07) is 18.4. The van der Waals surface area contributed by atoms with Gasteiger partial charge >= 0.3 is 0 Å². The number of carbonyl (C=O) groups is 3. The highest BCUT2D eigenvalue weighted by molar-refractivity contribution is 6.20. The molecule has 2 N–H and O–H groups in total. The van der Waals surface area contributed by atoms with Gasteiger partial charge < -0.3 is 15.5 Å². The molecule has 0 spiro atoms. The van der Waals surface area contributed by atoms with E-state index in [9.17, 15) is 23.2 Å². The zero-order chi connectivity index (χ0) is 25.8. The van der Waals surface area contributed by atoms with Gasteiger partial charge in [0.05, 0.1) is 17.8 Å². The molecule has 0 fully saturated rings. The van der Waals surface area contributed by atoms with Crippen molar-refractivity contribution in [2.24, 2.45) is 4.99 Å². The lowest BCUT2D eigenvalue weighted by molar-refractivity contribution is -0.130. The van der Waals surface area contributed by atoms with Gasteiger partial charge in [-0.25, -0.2) is 13.8 Å². The Morgan fingerprint density at radius 1 is 1.00 bits per heavy atom. The number of anilines is 1. The van der Waals surface area contributed by atoms with Crippen LogP contribution < -0.4 is 15.5 Å². The van der Waals surface area contributed by atoms with Crippen LogP contribution in [0.2, 0.25) is 0 Å². The van der Waals surface area contributed by atoms with Gasteiger partial charge in [0.25, 0.3) is 5.91 Å². The average Bonchev–Trinajstić information content (AvgIpc) is 2.94. The minimum atomic E-state index is -1.23. The topological polar surface area (TPSA) is 90.9 Å². The third kappa shape index (κ3) is 5.46. The number of hydrogen-bond acceptors (Lipinski definition) is 4. The summed E-state index contributed by atoms with van der Waals surface area (Å²) in [7, 11) is 1.60. The van der Waals surface area contributed by atoms with Gasteiger partial charge in [0.2, 0.25) is 18.0 Å². The van der Waals surface area contributed by atoms with E-state index in [1.165, 1.54) is 11.8 Å². The van der Waals surface area contributed by atoms with Crippen LogP contribution in [0.25, 0.3) is 0 Å². The van der Waals surface area contributed by atoms with Crippen molar-refractivity contribution < 1.29 is 23.2 Å². The van der Waals surface area contributed by atoms with Crippen molar-refractivity contribution >= 4 is 29.1 Å². The molecule has 0 aliphatic carbocycles. The zero-order valence-electron chi connectivity index (χ0n) is 19.7. The molecule has 2 atom stereocenters. The van der Waals surface area contributed by atoms with Gasteiger partial charge in [-0.1, -0.05) is 48.5 Å². The van der Waals surface area contributed by atoms with E-state index in [-0.39, 0.29) is 12.0 Å². The molecule has 7 nitrogen and oxygen atoms in total. The van der Waals surface area contributed by atoms with E-state index in [0.29, 0.717) is 17.5 Å². The first-order valence-electron chi connectivity index (χ1n) is 11.3. The van der Waals surface area contributed by atoms with Crippen LogP contribution >= 0.6 is 0 Å². The van der Waals surface area contributed by atoms with E-state index in [1.54, 1.807) is 13.1 Å². The Kier molecular flexibility index (Phi) is 7.19. The second kappa shape index (κ2) is 10.5. The molecule has 184 valence electrons. The number of halogens is 2. The summed E-state index contributed by atoms with van der Waals surface area (Å²) in [4.78, 5) is 44.5. The number of para-hydroxylation sites is 1. The minimum absolute atomic E-state index is 0.132. The van der Waals surface area contributed by atoms with E-state index in [0.717, 1.165) is 23.3 Å². The van der Waals surface area contributed by atoms with Crippen molar-refractivity contribution in [3.05, 3.63) is 101 Å². The third-order valence-corrected chi connectivity index (χ3v) is 5.73. The molecule has 0 aromatic heterocycles. The summed E-state index contributed by atoms with van der Waals surface area (Å²) in [6.07, 6.45) is -1.55. The lowest BCUT2D eigenvalue weighted by atomic mass is 10.0. The van der Waals surface area contributed by atoms with Crippen LogP contribution in [0, 0.1) is 11.6 Å². The number of carbonyl (C=O) groups excluding carboxylic acids is 3. The SMILES string of the molecule is C[C@H](NC(=O)Cc1cc(F)cc(F)c1)C(=O)N[C@H]1N=C(c2ccccc2)c2ccccc2N(C)C1=O. The largest absolute Gasteiger partial charge is 0.344 e. The van der Waals surface area contributed by atoms with Crippen LogP contribution in [-0.4, -0.2) is 42.7 Å². The zero-order valence-corrected chi connectivity index (χ0v) is 19.7. The minimum Gasteiger partial charge on any atom is -0.344 e. The number of amides is 3. The van der Waals surface area contributed by atoms with Gasteiger partial charge in [-0.2, -0.15) is 0 Å². The fraction of sp³-hybridized carbons (Fsp3) is 0.185. The molecule has 1 aliphatic heterocycles. The standard InChI is InChI=1S/C27H24F2N4O3/c1-16(30-23(34)14-17-12-19(28)15-20(29)13-17)26(35)32-25-27(36)33(2)22-11-7-6-10-21(22)24(31-25)18-8-4-3-5-9-18/h3-13,15-16,25H,14H2,1-2H3,(H,30,34)(H,32,35)/t16-,25+/m0/s1. The Balaban J connectivity index is 1.53. The average molecular weight is 491 g/mol. The molecule has 3 aromatic carbocycles. The number of aliphatic imine (C=N–C) groups is 1. The van der Waals surface area contributed by atoms with Crippen LogP contribution in [0.1, 0.15) is 23.6 Å². The predicted molar refractivity (Wildman–Crippen MR) is 132 cm³/mol. The predicted octanol–water partition coefficient (Wildman–Crippen LogP) is 2.97. The monoisotopic (exact) mass is 490 g/mol.